The molecule has 1 aromatic rings. The van der Waals surface area contributed by atoms with Crippen molar-refractivity contribution in [1.82, 2.24) is 10.2 Å². The highest BCUT2D eigenvalue weighted by molar-refractivity contribution is 7.92. The summed E-state index contributed by atoms with van der Waals surface area (Å²) in [6.45, 7) is 3.02. The number of sulfonamides is 1. The molecule has 14 heavy (non-hydrogen) atoms. The number of aliphatic hydroxyl groups excluding tert-OH is 1. The minimum Gasteiger partial charge on any atom is -0.395 e. The van der Waals surface area contributed by atoms with Gasteiger partial charge in [-0.05, 0) is 13.8 Å². The predicted molar refractivity (Wildman–Crippen MR) is 52.6 cm³/mol. The van der Waals surface area contributed by atoms with Crippen molar-refractivity contribution in [2.45, 2.75) is 13.8 Å². The largest absolute Gasteiger partial charge is 0.395 e. The fourth-order valence-electron chi connectivity index (χ4n) is 1.03. The lowest BCUT2D eigenvalue weighted by Crippen LogP contribution is -2.19. The fourth-order valence-corrected chi connectivity index (χ4v) is 1.98. The van der Waals surface area contributed by atoms with E-state index < -0.39 is 16.6 Å². The third-order valence-corrected chi connectivity index (χ3v) is 2.98. The van der Waals surface area contributed by atoms with Gasteiger partial charge in [-0.3, -0.25) is 9.82 Å². The van der Waals surface area contributed by atoms with Crippen LogP contribution in [-0.2, 0) is 10.0 Å². The first kappa shape index (κ1) is 11.0. The number of nitrogens with zero attached hydrogens (tertiary/aromatic N) is 1. The number of hydrogen-bond acceptors (Lipinski definition) is 4. The highest BCUT2D eigenvalue weighted by Gasteiger charge is 2.14. The molecule has 0 aromatic carbocycles. The topological polar surface area (TPSA) is 95.1 Å². The monoisotopic (exact) mass is 219 g/mol. The quantitative estimate of drug-likeness (QED) is 0.651. The lowest BCUT2D eigenvalue weighted by Gasteiger charge is -2.05. The molecule has 0 saturated carbocycles. The van der Waals surface area contributed by atoms with Gasteiger partial charge in [-0.1, -0.05) is 0 Å². The Kier molecular flexibility index (Phi) is 3.12. The zero-order chi connectivity index (χ0) is 10.8. The summed E-state index contributed by atoms with van der Waals surface area (Å²) in [5.41, 5.74) is 1.70. The first-order valence-corrected chi connectivity index (χ1v) is 5.74. The number of rotatable bonds is 4. The molecule has 0 aliphatic carbocycles. The van der Waals surface area contributed by atoms with E-state index in [-0.39, 0.29) is 5.75 Å². The zero-order valence-electron chi connectivity index (χ0n) is 8.03. The van der Waals surface area contributed by atoms with E-state index in [1.54, 1.807) is 13.8 Å². The van der Waals surface area contributed by atoms with Gasteiger partial charge < -0.3 is 5.11 Å². The summed E-state index contributed by atoms with van der Waals surface area (Å²) >= 11 is 0. The molecule has 0 amide bonds. The standard InChI is InChI=1S/C7H13N3O3S/c1-5-7(6(2)9-8-5)10-14(12,13)4-3-11/h10-11H,3-4H2,1-2H3,(H,8,9). The second-order valence-corrected chi connectivity index (χ2v) is 4.80. The van der Waals surface area contributed by atoms with Crippen LogP contribution >= 0.6 is 0 Å². The molecule has 80 valence electrons. The normalized spacial score (nSPS) is 11.6. The molecule has 0 fully saturated rings. The second-order valence-electron chi connectivity index (χ2n) is 2.95. The summed E-state index contributed by atoms with van der Waals surface area (Å²) in [5.74, 6) is -0.308. The minimum absolute atomic E-state index is 0.308. The van der Waals surface area contributed by atoms with Gasteiger partial charge >= 0.3 is 0 Å². The molecule has 1 heterocycles. The molecule has 1 aromatic heterocycles. The van der Waals surface area contributed by atoms with Crippen LogP contribution in [0.1, 0.15) is 11.4 Å². The maximum Gasteiger partial charge on any atom is 0.235 e. The molecule has 6 nitrogen and oxygen atoms in total. The van der Waals surface area contributed by atoms with Crippen LogP contribution in [0, 0.1) is 13.8 Å². The molecule has 0 radical (unpaired) electrons. The summed E-state index contributed by atoms with van der Waals surface area (Å²) in [5, 5.41) is 15.0. The van der Waals surface area contributed by atoms with Crippen LogP contribution in [0.4, 0.5) is 5.69 Å². The third-order valence-electron chi connectivity index (χ3n) is 1.75. The van der Waals surface area contributed by atoms with E-state index in [9.17, 15) is 8.42 Å². The lowest BCUT2D eigenvalue weighted by atomic mass is 10.3. The van der Waals surface area contributed by atoms with E-state index in [1.165, 1.54) is 0 Å². The minimum atomic E-state index is -3.46. The van der Waals surface area contributed by atoms with Gasteiger partial charge in [-0.15, -0.1) is 0 Å². The second kappa shape index (κ2) is 3.97. The molecular formula is C7H13N3O3S. The summed E-state index contributed by atoms with van der Waals surface area (Å²) < 4.78 is 24.9. The number of aliphatic hydroxyl groups is 1. The van der Waals surface area contributed by atoms with E-state index >= 15 is 0 Å². The van der Waals surface area contributed by atoms with Gasteiger partial charge in [0, 0.05) is 0 Å². The summed E-state index contributed by atoms with van der Waals surface area (Å²) in [6.07, 6.45) is 0. The summed E-state index contributed by atoms with van der Waals surface area (Å²) in [4.78, 5) is 0. The van der Waals surface area contributed by atoms with Gasteiger partial charge in [0.15, 0.2) is 0 Å². The summed E-state index contributed by atoms with van der Waals surface area (Å²) in [7, 11) is -3.46. The van der Waals surface area contributed by atoms with Crippen LogP contribution < -0.4 is 4.72 Å². The van der Waals surface area contributed by atoms with Gasteiger partial charge in [-0.25, -0.2) is 8.42 Å². The average Bonchev–Trinajstić information content (AvgIpc) is 2.35. The van der Waals surface area contributed by atoms with Crippen molar-refractivity contribution in [3.05, 3.63) is 11.4 Å². The van der Waals surface area contributed by atoms with Gasteiger partial charge in [-0.2, -0.15) is 5.10 Å². The Hall–Kier alpha value is -1.08. The van der Waals surface area contributed by atoms with Crippen LogP contribution in [0.5, 0.6) is 0 Å². The van der Waals surface area contributed by atoms with Gasteiger partial charge in [0.05, 0.1) is 29.4 Å². The molecular weight excluding hydrogens is 206 g/mol. The number of anilines is 1. The first-order chi connectivity index (χ1) is 6.46. The Bertz CT molecular complexity index is 390. The van der Waals surface area contributed by atoms with Crippen molar-refractivity contribution in [1.29, 1.82) is 0 Å². The van der Waals surface area contributed by atoms with Crippen molar-refractivity contribution >= 4 is 15.7 Å². The van der Waals surface area contributed by atoms with Gasteiger partial charge in [0.1, 0.15) is 0 Å². The molecule has 0 atom stereocenters. The third kappa shape index (κ3) is 2.46. The highest BCUT2D eigenvalue weighted by Crippen LogP contribution is 2.17. The summed E-state index contributed by atoms with van der Waals surface area (Å²) in [6, 6.07) is 0. The number of aryl methyl sites for hydroxylation is 2. The van der Waals surface area contributed by atoms with Gasteiger partial charge in [0.25, 0.3) is 0 Å². The highest BCUT2D eigenvalue weighted by atomic mass is 32.2. The number of aromatic nitrogens is 2. The fraction of sp³-hybridized carbons (Fsp3) is 0.571. The van der Waals surface area contributed by atoms with Crippen molar-refractivity contribution in [3.8, 4) is 0 Å². The SMILES string of the molecule is Cc1n[nH]c(C)c1NS(=O)(=O)CCO. The van der Waals surface area contributed by atoms with Crippen molar-refractivity contribution in [2.24, 2.45) is 0 Å². The average molecular weight is 219 g/mol. The smallest absolute Gasteiger partial charge is 0.235 e. The Morgan fingerprint density at radius 3 is 2.57 bits per heavy atom. The van der Waals surface area contributed by atoms with E-state index in [0.717, 1.165) is 0 Å². The van der Waals surface area contributed by atoms with E-state index in [4.69, 9.17) is 5.11 Å². The molecule has 0 aliphatic heterocycles. The lowest BCUT2D eigenvalue weighted by molar-refractivity contribution is 0.320. The van der Waals surface area contributed by atoms with E-state index in [2.05, 4.69) is 14.9 Å². The maximum atomic E-state index is 11.3. The molecule has 1 rings (SSSR count). The zero-order valence-corrected chi connectivity index (χ0v) is 8.85. The Labute approximate surface area is 82.4 Å². The molecule has 0 aliphatic rings. The molecule has 3 N–H and O–H groups in total. The Morgan fingerprint density at radius 1 is 1.50 bits per heavy atom. The molecule has 0 unspecified atom stereocenters. The van der Waals surface area contributed by atoms with Gasteiger partial charge in [0.2, 0.25) is 10.0 Å². The van der Waals surface area contributed by atoms with Crippen LogP contribution in [0.15, 0.2) is 0 Å². The number of aromatic amines is 1. The van der Waals surface area contributed by atoms with Crippen LogP contribution in [0.3, 0.4) is 0 Å². The first-order valence-electron chi connectivity index (χ1n) is 4.09. The number of nitrogens with one attached hydrogen (secondary N) is 2. The molecule has 0 bridgehead atoms. The van der Waals surface area contributed by atoms with Crippen LogP contribution in [0.2, 0.25) is 0 Å². The predicted octanol–water partition coefficient (Wildman–Crippen LogP) is -0.239. The number of hydrogen-bond donors (Lipinski definition) is 3. The van der Waals surface area contributed by atoms with Crippen molar-refractivity contribution < 1.29 is 13.5 Å². The Balaban J connectivity index is 2.89. The van der Waals surface area contributed by atoms with E-state index in [1.807, 2.05) is 0 Å². The molecule has 0 spiro atoms. The van der Waals surface area contributed by atoms with Crippen molar-refractivity contribution in [2.75, 3.05) is 17.1 Å². The molecule has 0 saturated heterocycles. The number of H-pyrrole nitrogens is 1. The van der Waals surface area contributed by atoms with Crippen LogP contribution in [-0.4, -0.2) is 36.1 Å². The van der Waals surface area contributed by atoms with Crippen LogP contribution in [0.25, 0.3) is 0 Å². The Morgan fingerprint density at radius 2 is 2.14 bits per heavy atom. The van der Waals surface area contributed by atoms with E-state index in [0.29, 0.717) is 17.1 Å². The maximum absolute atomic E-state index is 11.3. The molecule has 7 heteroatoms. The van der Waals surface area contributed by atoms with Crippen molar-refractivity contribution in [3.63, 3.8) is 0 Å².